The van der Waals surface area contributed by atoms with E-state index in [0.29, 0.717) is 0 Å². The van der Waals surface area contributed by atoms with Crippen LogP contribution in [0.3, 0.4) is 0 Å². The van der Waals surface area contributed by atoms with Gasteiger partial charge < -0.3 is 4.57 Å². The highest BCUT2D eigenvalue weighted by molar-refractivity contribution is 7.25. The second-order valence-corrected chi connectivity index (χ2v) is 11.7. The summed E-state index contributed by atoms with van der Waals surface area (Å²) in [6.07, 6.45) is 5.40. The largest absolute Gasteiger partial charge is 0.307 e. The summed E-state index contributed by atoms with van der Waals surface area (Å²) >= 11 is 1.81. The van der Waals surface area contributed by atoms with E-state index >= 15 is 0 Å². The number of fused-ring (bicyclic) bond motifs is 6. The van der Waals surface area contributed by atoms with Crippen molar-refractivity contribution in [3.05, 3.63) is 134 Å². The van der Waals surface area contributed by atoms with Crippen molar-refractivity contribution in [2.45, 2.75) is 0 Å². The summed E-state index contributed by atoms with van der Waals surface area (Å²) in [5.74, 6) is 0. The van der Waals surface area contributed by atoms with Crippen molar-refractivity contribution < 1.29 is 0 Å². The Kier molecular flexibility index (Phi) is 5.57. The molecule has 7 aromatic heterocycles. The van der Waals surface area contributed by atoms with Gasteiger partial charge in [0.15, 0.2) is 0 Å². The van der Waals surface area contributed by atoms with Gasteiger partial charge in [-0.05, 0) is 78.9 Å². The van der Waals surface area contributed by atoms with Crippen LogP contribution in [0, 0.1) is 0 Å². The first kappa shape index (κ1) is 24.8. The van der Waals surface area contributed by atoms with Crippen LogP contribution in [0.4, 0.5) is 0 Å². The average Bonchev–Trinajstić information content (AvgIpc) is 3.62. The van der Waals surface area contributed by atoms with E-state index in [9.17, 15) is 0 Å². The first-order valence-corrected chi connectivity index (χ1v) is 15.1. The lowest BCUT2D eigenvalue weighted by Gasteiger charge is -2.12. The van der Waals surface area contributed by atoms with E-state index in [-0.39, 0.29) is 0 Å². The van der Waals surface area contributed by atoms with Crippen molar-refractivity contribution in [2.75, 3.05) is 0 Å². The molecule has 7 heteroatoms. The standard InChI is InChI=1S/C37H22N6S/c1-2-13-35-24(9-1)25-21-26-34(22-36(25)44-35)43(33-15-14-30(42-37(26)33)27-10-3-6-16-38-27)23-19-31(28-11-4-7-17-39-28)41-32(20-23)29-12-5-8-18-40-29/h1-22H. The molecular formula is C37H22N6S. The van der Waals surface area contributed by atoms with Gasteiger partial charge in [-0.3, -0.25) is 15.0 Å². The minimum absolute atomic E-state index is 0.778. The van der Waals surface area contributed by atoms with Crippen LogP contribution in [0.1, 0.15) is 0 Å². The molecule has 0 saturated carbocycles. The van der Waals surface area contributed by atoms with Crippen LogP contribution in [0.5, 0.6) is 0 Å². The smallest absolute Gasteiger partial charge is 0.0971 e. The Morgan fingerprint density at radius 1 is 0.432 bits per heavy atom. The van der Waals surface area contributed by atoms with Crippen molar-refractivity contribution >= 4 is 53.4 Å². The fourth-order valence-corrected chi connectivity index (χ4v) is 7.09. The summed E-state index contributed by atoms with van der Waals surface area (Å²) in [6, 6.07) is 39.3. The third-order valence-electron chi connectivity index (χ3n) is 7.96. The number of hydrogen-bond acceptors (Lipinski definition) is 6. The molecule has 0 radical (unpaired) electrons. The molecule has 0 fully saturated rings. The number of benzene rings is 2. The van der Waals surface area contributed by atoms with Crippen LogP contribution in [0.2, 0.25) is 0 Å². The van der Waals surface area contributed by atoms with E-state index in [1.165, 1.54) is 20.2 Å². The van der Waals surface area contributed by atoms with Gasteiger partial charge in [0.2, 0.25) is 0 Å². The highest BCUT2D eigenvalue weighted by Crippen LogP contribution is 2.41. The maximum Gasteiger partial charge on any atom is 0.0971 e. The van der Waals surface area contributed by atoms with Gasteiger partial charge in [-0.15, -0.1) is 11.3 Å². The lowest BCUT2D eigenvalue weighted by molar-refractivity contribution is 1.14. The van der Waals surface area contributed by atoms with Crippen molar-refractivity contribution in [1.82, 2.24) is 29.5 Å². The average molecular weight is 583 g/mol. The molecule has 0 N–H and O–H groups in total. The summed E-state index contributed by atoms with van der Waals surface area (Å²) in [7, 11) is 0. The number of thiophene rings is 1. The summed E-state index contributed by atoms with van der Waals surface area (Å²) in [6.45, 7) is 0. The fraction of sp³-hybridized carbons (Fsp3) is 0. The molecule has 0 aliphatic carbocycles. The van der Waals surface area contributed by atoms with Gasteiger partial charge in [0.1, 0.15) is 0 Å². The molecule has 0 spiro atoms. The van der Waals surface area contributed by atoms with Gasteiger partial charge in [-0.2, -0.15) is 0 Å². The highest BCUT2D eigenvalue weighted by Gasteiger charge is 2.19. The number of hydrogen-bond donors (Lipinski definition) is 0. The van der Waals surface area contributed by atoms with Crippen LogP contribution < -0.4 is 0 Å². The van der Waals surface area contributed by atoms with Gasteiger partial charge >= 0.3 is 0 Å². The summed E-state index contributed by atoms with van der Waals surface area (Å²) in [4.78, 5) is 24.1. The van der Waals surface area contributed by atoms with Gasteiger partial charge in [0, 0.05) is 44.1 Å². The Balaban J connectivity index is 1.39. The molecule has 6 nitrogen and oxygen atoms in total. The number of pyridine rings is 5. The van der Waals surface area contributed by atoms with Gasteiger partial charge in [0.05, 0.1) is 56.4 Å². The minimum atomic E-state index is 0.778. The molecule has 0 aliphatic heterocycles. The zero-order valence-corrected chi connectivity index (χ0v) is 24.1. The van der Waals surface area contributed by atoms with Crippen LogP contribution in [0.15, 0.2) is 134 Å². The van der Waals surface area contributed by atoms with Gasteiger partial charge in [0.25, 0.3) is 0 Å². The predicted molar refractivity (Wildman–Crippen MR) is 179 cm³/mol. The number of nitrogens with zero attached hydrogens (tertiary/aromatic N) is 6. The molecule has 44 heavy (non-hydrogen) atoms. The molecule has 0 atom stereocenters. The van der Waals surface area contributed by atoms with Crippen molar-refractivity contribution in [2.24, 2.45) is 0 Å². The summed E-state index contributed by atoms with van der Waals surface area (Å²) in [5, 5.41) is 3.58. The third kappa shape index (κ3) is 3.98. The first-order chi connectivity index (χ1) is 21.8. The highest BCUT2D eigenvalue weighted by atomic mass is 32.1. The Hall–Kier alpha value is -5.79. The lowest BCUT2D eigenvalue weighted by Crippen LogP contribution is -1.99. The summed E-state index contributed by atoms with van der Waals surface area (Å²) in [5.41, 5.74) is 8.82. The van der Waals surface area contributed by atoms with E-state index in [0.717, 1.165) is 61.8 Å². The normalized spacial score (nSPS) is 11.6. The molecule has 7 heterocycles. The summed E-state index contributed by atoms with van der Waals surface area (Å²) < 4.78 is 4.80. The maximum atomic E-state index is 5.23. The molecule has 0 amide bonds. The van der Waals surface area contributed by atoms with Crippen LogP contribution >= 0.6 is 11.3 Å². The second kappa shape index (κ2) is 9.90. The lowest BCUT2D eigenvalue weighted by atomic mass is 10.1. The maximum absolute atomic E-state index is 5.23. The van der Waals surface area contributed by atoms with E-state index in [4.69, 9.17) is 9.97 Å². The topological polar surface area (TPSA) is 69.4 Å². The van der Waals surface area contributed by atoms with Gasteiger partial charge in [-0.1, -0.05) is 36.4 Å². The zero-order valence-electron chi connectivity index (χ0n) is 23.3. The molecule has 0 bridgehead atoms. The molecular weight excluding hydrogens is 561 g/mol. The Morgan fingerprint density at radius 2 is 1.07 bits per heavy atom. The van der Waals surface area contributed by atoms with Crippen LogP contribution in [0.25, 0.3) is 82.0 Å². The minimum Gasteiger partial charge on any atom is -0.307 e. The number of aromatic nitrogens is 6. The molecule has 9 rings (SSSR count). The Morgan fingerprint density at radius 3 is 1.73 bits per heavy atom. The monoisotopic (exact) mass is 582 g/mol. The Labute approximate surface area is 256 Å². The van der Waals surface area contributed by atoms with Crippen LogP contribution in [-0.4, -0.2) is 29.5 Å². The predicted octanol–water partition coefficient (Wildman–Crippen LogP) is 9.13. The van der Waals surface area contributed by atoms with E-state index in [1.54, 1.807) is 18.6 Å². The van der Waals surface area contributed by atoms with Crippen molar-refractivity contribution in [3.8, 4) is 39.9 Å². The molecule has 0 unspecified atom stereocenters. The van der Waals surface area contributed by atoms with E-state index in [1.807, 2.05) is 65.9 Å². The quantitative estimate of drug-likeness (QED) is 0.207. The molecule has 206 valence electrons. The fourth-order valence-electron chi connectivity index (χ4n) is 5.97. The Bertz CT molecular complexity index is 2430. The first-order valence-electron chi connectivity index (χ1n) is 14.3. The third-order valence-corrected chi connectivity index (χ3v) is 9.09. The van der Waals surface area contributed by atoms with E-state index < -0.39 is 0 Å². The number of rotatable bonds is 4. The van der Waals surface area contributed by atoms with Crippen molar-refractivity contribution in [1.29, 1.82) is 0 Å². The van der Waals surface area contributed by atoms with Gasteiger partial charge in [-0.25, -0.2) is 9.97 Å². The second-order valence-electron chi connectivity index (χ2n) is 10.6. The SMILES string of the molecule is c1ccc(-c2cc(-n3c4cc5sc6ccccc6c5cc4c4nc(-c5ccccn5)ccc43)cc(-c3ccccn3)n2)nc1. The van der Waals surface area contributed by atoms with Crippen LogP contribution in [-0.2, 0) is 0 Å². The zero-order chi connectivity index (χ0) is 29.0. The molecule has 0 saturated heterocycles. The molecule has 0 aliphatic rings. The van der Waals surface area contributed by atoms with E-state index in [2.05, 4.69) is 80.2 Å². The van der Waals surface area contributed by atoms with Crippen molar-refractivity contribution in [3.63, 3.8) is 0 Å². The molecule has 9 aromatic rings. The molecule has 2 aromatic carbocycles.